The molecule has 26 heavy (non-hydrogen) atoms. The van der Waals surface area contributed by atoms with E-state index >= 15 is 0 Å². The summed E-state index contributed by atoms with van der Waals surface area (Å²) in [5, 5.41) is 5.62. The molecule has 0 radical (unpaired) electrons. The molecule has 1 aromatic carbocycles. The average Bonchev–Trinajstić information content (AvgIpc) is 3.30. The summed E-state index contributed by atoms with van der Waals surface area (Å²) in [4.78, 5) is 37.1. The van der Waals surface area contributed by atoms with Crippen LogP contribution in [0.2, 0.25) is 0 Å². The Hall–Kier alpha value is -2.74. The van der Waals surface area contributed by atoms with Gasteiger partial charge in [-0.3, -0.25) is 14.4 Å². The van der Waals surface area contributed by atoms with Gasteiger partial charge in [0.25, 0.3) is 11.1 Å². The number of furan rings is 1. The minimum absolute atomic E-state index is 0.0396. The van der Waals surface area contributed by atoms with Crippen LogP contribution in [0.3, 0.4) is 0 Å². The van der Waals surface area contributed by atoms with E-state index in [0.717, 1.165) is 11.3 Å². The average molecular weight is 373 g/mol. The van der Waals surface area contributed by atoms with E-state index in [1.54, 1.807) is 35.2 Å². The highest BCUT2D eigenvalue weighted by molar-refractivity contribution is 8.13. The molecule has 0 aliphatic carbocycles. The van der Waals surface area contributed by atoms with E-state index in [4.69, 9.17) is 4.42 Å². The van der Waals surface area contributed by atoms with Crippen LogP contribution in [-0.4, -0.2) is 40.8 Å². The first-order chi connectivity index (χ1) is 12.6. The third-order valence-electron chi connectivity index (χ3n) is 3.87. The fourth-order valence-corrected chi connectivity index (χ4v) is 3.37. The predicted octanol–water partition coefficient (Wildman–Crippen LogP) is 2.71. The number of hydrogen-bond acceptors (Lipinski definition) is 5. The molecule has 2 heterocycles. The summed E-state index contributed by atoms with van der Waals surface area (Å²) in [7, 11) is 0. The first-order valence-corrected chi connectivity index (χ1v) is 9.22. The lowest BCUT2D eigenvalue weighted by molar-refractivity contribution is -0.121. The minimum atomic E-state index is -0.329. The van der Waals surface area contributed by atoms with Gasteiger partial charge < -0.3 is 20.0 Å². The van der Waals surface area contributed by atoms with Gasteiger partial charge in [-0.25, -0.2) is 0 Å². The summed E-state index contributed by atoms with van der Waals surface area (Å²) in [5.41, 5.74) is 1.49. The molecule has 2 aromatic rings. The van der Waals surface area contributed by atoms with Crippen LogP contribution in [0.1, 0.15) is 22.5 Å². The van der Waals surface area contributed by atoms with Gasteiger partial charge in [0.1, 0.15) is 0 Å². The van der Waals surface area contributed by atoms with Crippen LogP contribution in [-0.2, 0) is 11.3 Å². The third-order valence-corrected chi connectivity index (χ3v) is 4.77. The van der Waals surface area contributed by atoms with Crippen molar-refractivity contribution in [1.82, 2.24) is 10.2 Å². The van der Waals surface area contributed by atoms with E-state index in [9.17, 15) is 14.4 Å². The zero-order chi connectivity index (χ0) is 18.4. The maximum Gasteiger partial charge on any atom is 0.291 e. The number of anilines is 1. The zero-order valence-corrected chi connectivity index (χ0v) is 14.9. The van der Waals surface area contributed by atoms with Crippen molar-refractivity contribution >= 4 is 34.5 Å². The minimum Gasteiger partial charge on any atom is -0.459 e. The smallest absolute Gasteiger partial charge is 0.291 e. The molecular formula is C18H19N3O4S. The Bertz CT molecular complexity index is 791. The predicted molar refractivity (Wildman–Crippen MR) is 99.0 cm³/mol. The summed E-state index contributed by atoms with van der Waals surface area (Å²) in [6.07, 6.45) is 1.72. The molecule has 1 fully saturated rings. The molecule has 1 aromatic heterocycles. The largest absolute Gasteiger partial charge is 0.459 e. The Balaban J connectivity index is 1.46. The Morgan fingerprint density at radius 1 is 1.23 bits per heavy atom. The van der Waals surface area contributed by atoms with Gasteiger partial charge in [-0.15, -0.1) is 0 Å². The Morgan fingerprint density at radius 2 is 2.12 bits per heavy atom. The number of carbonyl (C=O) groups excluding carboxylic acids is 3. The number of carbonyl (C=O) groups is 3. The van der Waals surface area contributed by atoms with Crippen molar-refractivity contribution in [2.45, 2.75) is 13.0 Å². The second-order valence-corrected chi connectivity index (χ2v) is 6.81. The van der Waals surface area contributed by atoms with E-state index < -0.39 is 0 Å². The van der Waals surface area contributed by atoms with Crippen LogP contribution in [0.25, 0.3) is 0 Å². The molecular weight excluding hydrogens is 354 g/mol. The van der Waals surface area contributed by atoms with Crippen LogP contribution in [0.15, 0.2) is 47.1 Å². The number of nitrogens with one attached hydrogen (secondary N) is 2. The topological polar surface area (TPSA) is 91.7 Å². The highest BCUT2D eigenvalue weighted by Crippen LogP contribution is 2.17. The van der Waals surface area contributed by atoms with Gasteiger partial charge in [-0.1, -0.05) is 23.9 Å². The highest BCUT2D eigenvalue weighted by Gasteiger charge is 2.21. The zero-order valence-electron chi connectivity index (χ0n) is 14.1. The normalized spacial score (nSPS) is 13.7. The Morgan fingerprint density at radius 3 is 2.85 bits per heavy atom. The quantitative estimate of drug-likeness (QED) is 0.779. The maximum atomic E-state index is 12.0. The van der Waals surface area contributed by atoms with Gasteiger partial charge in [0, 0.05) is 37.5 Å². The van der Waals surface area contributed by atoms with Crippen molar-refractivity contribution in [2.75, 3.05) is 24.2 Å². The molecule has 1 saturated heterocycles. The molecule has 0 saturated carbocycles. The Kier molecular flexibility index (Phi) is 5.96. The van der Waals surface area contributed by atoms with Crippen molar-refractivity contribution in [3.63, 3.8) is 0 Å². The summed E-state index contributed by atoms with van der Waals surface area (Å²) < 4.78 is 5.05. The number of benzene rings is 1. The lowest BCUT2D eigenvalue weighted by Gasteiger charge is -2.14. The molecule has 1 aliphatic rings. The van der Waals surface area contributed by atoms with Crippen molar-refractivity contribution in [1.29, 1.82) is 0 Å². The van der Waals surface area contributed by atoms with Crippen LogP contribution < -0.4 is 10.6 Å². The lowest BCUT2D eigenvalue weighted by Crippen LogP contribution is -2.30. The van der Waals surface area contributed by atoms with Crippen LogP contribution in [0.4, 0.5) is 10.5 Å². The molecule has 8 heteroatoms. The van der Waals surface area contributed by atoms with E-state index in [1.165, 1.54) is 18.0 Å². The van der Waals surface area contributed by atoms with Gasteiger partial charge in [0.05, 0.1) is 6.26 Å². The number of rotatable bonds is 7. The van der Waals surface area contributed by atoms with Crippen LogP contribution >= 0.6 is 11.8 Å². The Labute approximate surface area is 155 Å². The number of amides is 3. The van der Waals surface area contributed by atoms with Crippen molar-refractivity contribution in [3.8, 4) is 0 Å². The number of nitrogens with zero attached hydrogens (tertiary/aromatic N) is 1. The monoisotopic (exact) mass is 373 g/mol. The summed E-state index contributed by atoms with van der Waals surface area (Å²) in [6, 6.07) is 10.5. The third kappa shape index (κ3) is 4.89. The van der Waals surface area contributed by atoms with Crippen molar-refractivity contribution in [2.24, 2.45) is 0 Å². The fourth-order valence-electron chi connectivity index (χ4n) is 2.51. The maximum absolute atomic E-state index is 12.0. The van der Waals surface area contributed by atoms with Gasteiger partial charge in [0.15, 0.2) is 5.76 Å². The van der Waals surface area contributed by atoms with Crippen LogP contribution in [0.5, 0.6) is 0 Å². The molecule has 0 spiro atoms. The molecule has 0 unspecified atom stereocenters. The molecule has 1 aliphatic heterocycles. The van der Waals surface area contributed by atoms with E-state index in [1.807, 2.05) is 6.07 Å². The summed E-state index contributed by atoms with van der Waals surface area (Å²) in [5.74, 6) is 0.583. The van der Waals surface area contributed by atoms with Gasteiger partial charge in [0.2, 0.25) is 5.91 Å². The van der Waals surface area contributed by atoms with E-state index in [-0.39, 0.29) is 29.2 Å². The van der Waals surface area contributed by atoms with Crippen molar-refractivity contribution < 1.29 is 18.8 Å². The fraction of sp³-hybridized carbons (Fsp3) is 0.278. The van der Waals surface area contributed by atoms with E-state index in [2.05, 4.69) is 10.6 Å². The van der Waals surface area contributed by atoms with Gasteiger partial charge >= 0.3 is 0 Å². The highest BCUT2D eigenvalue weighted by atomic mass is 32.2. The standard InChI is InChI=1S/C18H19N3O4S/c22-16(6-7-21-8-10-26-18(21)24)19-12-13-3-1-4-14(11-13)20-17(23)15-5-2-9-25-15/h1-5,9,11H,6-8,10,12H2,(H,19,22)(H,20,23). The molecule has 136 valence electrons. The van der Waals surface area contributed by atoms with Crippen LogP contribution in [0, 0.1) is 0 Å². The summed E-state index contributed by atoms with van der Waals surface area (Å²) >= 11 is 1.29. The summed E-state index contributed by atoms with van der Waals surface area (Å²) in [6.45, 7) is 1.50. The van der Waals surface area contributed by atoms with Gasteiger partial charge in [-0.05, 0) is 29.8 Å². The molecule has 2 N–H and O–H groups in total. The first kappa shape index (κ1) is 18.1. The second-order valence-electron chi connectivity index (χ2n) is 5.76. The molecule has 7 nitrogen and oxygen atoms in total. The lowest BCUT2D eigenvalue weighted by atomic mass is 10.2. The first-order valence-electron chi connectivity index (χ1n) is 8.24. The van der Waals surface area contributed by atoms with Crippen molar-refractivity contribution in [3.05, 3.63) is 54.0 Å². The molecule has 3 amide bonds. The SMILES string of the molecule is O=C(CCN1CCSC1=O)NCc1cccc(NC(=O)c2ccco2)c1. The molecule has 3 rings (SSSR count). The van der Waals surface area contributed by atoms with Gasteiger partial charge in [-0.2, -0.15) is 0 Å². The number of hydrogen-bond donors (Lipinski definition) is 2. The molecule has 0 bridgehead atoms. The second kappa shape index (κ2) is 8.57. The van der Waals surface area contributed by atoms with E-state index in [0.29, 0.717) is 25.3 Å². The molecule has 0 atom stereocenters. The number of thioether (sulfide) groups is 1.